The number of pyridine rings is 1. The van der Waals surface area contributed by atoms with E-state index in [9.17, 15) is 18.5 Å². The summed E-state index contributed by atoms with van der Waals surface area (Å²) in [5.74, 6) is -2.85. The van der Waals surface area contributed by atoms with E-state index in [0.717, 1.165) is 11.0 Å². The molecule has 5 nitrogen and oxygen atoms in total. The van der Waals surface area contributed by atoms with Crippen molar-refractivity contribution in [3.8, 4) is 0 Å². The largest absolute Gasteiger partial charge is 0.274 e. The van der Waals surface area contributed by atoms with Gasteiger partial charge in [0.1, 0.15) is 11.5 Å². The van der Waals surface area contributed by atoms with E-state index in [0.29, 0.717) is 0 Å². The minimum atomic E-state index is -1.17. The smallest absolute Gasteiger partial charge is 0.229 e. The summed E-state index contributed by atoms with van der Waals surface area (Å²) in [6, 6.07) is 5.98. The van der Waals surface area contributed by atoms with Crippen LogP contribution in [0.1, 0.15) is 6.92 Å². The van der Waals surface area contributed by atoms with Gasteiger partial charge in [0.15, 0.2) is 11.6 Å². The number of halogens is 2. The van der Waals surface area contributed by atoms with Crippen LogP contribution in [0.2, 0.25) is 0 Å². The first-order valence-electron chi connectivity index (χ1n) is 5.58. The molecule has 0 aliphatic heterocycles. The minimum absolute atomic E-state index is 0.0147. The number of rotatable bonds is 3. The molecule has 0 fully saturated rings. The number of amides is 1. The lowest BCUT2D eigenvalue weighted by Gasteiger charge is -2.20. The number of hydrogen-bond donors (Lipinski definition) is 0. The van der Waals surface area contributed by atoms with Crippen molar-refractivity contribution in [1.82, 2.24) is 4.98 Å². The molecule has 20 heavy (non-hydrogen) atoms. The van der Waals surface area contributed by atoms with Crippen molar-refractivity contribution in [3.05, 3.63) is 53.1 Å². The van der Waals surface area contributed by atoms with E-state index in [1.54, 1.807) is 0 Å². The fraction of sp³-hybridized carbons (Fsp3) is 0.0769. The van der Waals surface area contributed by atoms with Crippen LogP contribution in [-0.2, 0) is 4.79 Å². The normalized spacial score (nSPS) is 10.2. The van der Waals surface area contributed by atoms with Crippen LogP contribution in [0.25, 0.3) is 0 Å². The van der Waals surface area contributed by atoms with Crippen LogP contribution in [0.3, 0.4) is 0 Å². The Labute approximate surface area is 112 Å². The number of benzene rings is 1. The molecular weight excluding hydrogens is 268 g/mol. The van der Waals surface area contributed by atoms with Gasteiger partial charge in [0, 0.05) is 19.2 Å². The van der Waals surface area contributed by atoms with Crippen LogP contribution in [0, 0.1) is 16.5 Å². The average molecular weight is 277 g/mol. The predicted molar refractivity (Wildman–Crippen MR) is 68.9 cm³/mol. The van der Waals surface area contributed by atoms with Gasteiger partial charge in [-0.1, -0.05) is 6.07 Å². The van der Waals surface area contributed by atoms with E-state index < -0.39 is 17.5 Å². The van der Waals surface area contributed by atoms with Crippen LogP contribution >= 0.6 is 0 Å². The molecule has 0 aliphatic carbocycles. The first-order valence-corrected chi connectivity index (χ1v) is 5.58. The molecule has 0 radical (unpaired) electrons. The van der Waals surface area contributed by atoms with Gasteiger partial charge in [-0.2, -0.15) is 0 Å². The summed E-state index contributed by atoms with van der Waals surface area (Å²) >= 11 is 0. The molecule has 2 rings (SSSR count). The van der Waals surface area contributed by atoms with Crippen molar-refractivity contribution in [3.63, 3.8) is 0 Å². The molecule has 1 heterocycles. The Kier molecular flexibility index (Phi) is 3.79. The van der Waals surface area contributed by atoms with Crippen molar-refractivity contribution in [2.45, 2.75) is 6.92 Å². The van der Waals surface area contributed by atoms with Gasteiger partial charge in [-0.25, -0.2) is 13.8 Å². The van der Waals surface area contributed by atoms with Gasteiger partial charge >= 0.3 is 0 Å². The second-order valence-corrected chi connectivity index (χ2v) is 3.89. The third kappa shape index (κ3) is 2.51. The van der Waals surface area contributed by atoms with Gasteiger partial charge in [0.25, 0.3) is 0 Å². The van der Waals surface area contributed by atoms with E-state index in [1.807, 2.05) is 0 Å². The predicted octanol–water partition coefficient (Wildman–Crippen LogP) is 3.44. The average Bonchev–Trinajstić information content (AvgIpc) is 2.44. The van der Waals surface area contributed by atoms with Crippen LogP contribution in [0.15, 0.2) is 41.7 Å². The molecule has 7 heteroatoms. The van der Waals surface area contributed by atoms with Crippen molar-refractivity contribution in [1.29, 1.82) is 0 Å². The Morgan fingerprint density at radius 2 is 2.05 bits per heavy atom. The van der Waals surface area contributed by atoms with E-state index >= 15 is 0 Å². The molecular formula is C13H9F2N3O2. The first-order chi connectivity index (χ1) is 9.54. The summed E-state index contributed by atoms with van der Waals surface area (Å²) in [4.78, 5) is 26.9. The second-order valence-electron chi connectivity index (χ2n) is 3.89. The molecule has 1 aromatic heterocycles. The second kappa shape index (κ2) is 5.52. The molecule has 0 unspecified atom stereocenters. The molecule has 2 aromatic rings. The number of nitrogens with zero attached hydrogens (tertiary/aromatic N) is 3. The van der Waals surface area contributed by atoms with Gasteiger partial charge in [0.05, 0.1) is 5.69 Å². The summed E-state index contributed by atoms with van der Waals surface area (Å²) in [6.45, 7) is 1.17. The van der Waals surface area contributed by atoms with Crippen LogP contribution in [-0.4, -0.2) is 10.9 Å². The Morgan fingerprint density at radius 1 is 1.30 bits per heavy atom. The highest BCUT2D eigenvalue weighted by atomic mass is 19.2. The zero-order valence-corrected chi connectivity index (χ0v) is 10.4. The van der Waals surface area contributed by atoms with Crippen LogP contribution in [0.4, 0.5) is 26.0 Å². The fourth-order valence-corrected chi connectivity index (χ4v) is 1.71. The Bertz CT molecular complexity index is 676. The van der Waals surface area contributed by atoms with Gasteiger partial charge < -0.3 is 0 Å². The third-order valence-electron chi connectivity index (χ3n) is 2.55. The van der Waals surface area contributed by atoms with Gasteiger partial charge in [-0.3, -0.25) is 9.69 Å². The molecule has 0 saturated carbocycles. The van der Waals surface area contributed by atoms with Gasteiger partial charge in [0.2, 0.25) is 5.91 Å². The number of nitroso groups, excluding NO2 is 1. The molecule has 0 spiro atoms. The SMILES string of the molecule is CC(=O)N(c1cc(N=O)ccn1)c1cccc(F)c1F. The number of aromatic nitrogens is 1. The number of hydrogen-bond acceptors (Lipinski definition) is 4. The standard InChI is InChI=1S/C13H9F2N3O2/c1-8(19)18(11-4-2-3-10(14)13(11)15)12-7-9(17-20)5-6-16-12/h2-7H,1H3. The van der Waals surface area contributed by atoms with Crippen molar-refractivity contribution in [2.75, 3.05) is 4.90 Å². The summed E-state index contributed by atoms with van der Waals surface area (Å²) in [5, 5.41) is 2.71. The Morgan fingerprint density at radius 3 is 2.70 bits per heavy atom. The lowest BCUT2D eigenvalue weighted by atomic mass is 10.2. The molecule has 0 atom stereocenters. The van der Waals surface area contributed by atoms with E-state index in [2.05, 4.69) is 10.2 Å². The van der Waals surface area contributed by atoms with E-state index in [-0.39, 0.29) is 17.2 Å². The Balaban J connectivity index is 2.59. The summed E-state index contributed by atoms with van der Waals surface area (Å²) in [6.07, 6.45) is 1.25. The maximum atomic E-state index is 13.8. The lowest BCUT2D eigenvalue weighted by molar-refractivity contribution is -0.115. The highest BCUT2D eigenvalue weighted by Gasteiger charge is 2.21. The molecule has 102 valence electrons. The monoisotopic (exact) mass is 277 g/mol. The zero-order valence-electron chi connectivity index (χ0n) is 10.4. The molecule has 0 aliphatic rings. The van der Waals surface area contributed by atoms with Gasteiger partial charge in [-0.05, 0) is 23.4 Å². The lowest BCUT2D eigenvalue weighted by Crippen LogP contribution is -2.25. The third-order valence-corrected chi connectivity index (χ3v) is 2.55. The van der Waals surface area contributed by atoms with Crippen molar-refractivity contribution < 1.29 is 13.6 Å². The summed E-state index contributed by atoms with van der Waals surface area (Å²) in [5.41, 5.74) is -0.258. The highest BCUT2D eigenvalue weighted by Crippen LogP contribution is 2.29. The molecule has 1 aromatic carbocycles. The molecule has 0 saturated heterocycles. The zero-order chi connectivity index (χ0) is 14.7. The summed E-state index contributed by atoms with van der Waals surface area (Å²) in [7, 11) is 0. The van der Waals surface area contributed by atoms with Crippen LogP contribution in [0.5, 0.6) is 0 Å². The quantitative estimate of drug-likeness (QED) is 0.807. The van der Waals surface area contributed by atoms with E-state index in [1.165, 1.54) is 37.4 Å². The molecule has 0 N–H and O–H groups in total. The minimum Gasteiger partial charge on any atom is -0.274 e. The molecule has 0 bridgehead atoms. The molecule has 1 amide bonds. The number of anilines is 2. The highest BCUT2D eigenvalue weighted by molar-refractivity contribution is 5.98. The number of carbonyl (C=O) groups excluding carboxylic acids is 1. The first kappa shape index (κ1) is 13.7. The maximum Gasteiger partial charge on any atom is 0.229 e. The Hall–Kier alpha value is -2.70. The van der Waals surface area contributed by atoms with E-state index in [4.69, 9.17) is 0 Å². The van der Waals surface area contributed by atoms with Gasteiger partial charge in [-0.15, -0.1) is 4.91 Å². The van der Waals surface area contributed by atoms with Crippen LogP contribution < -0.4 is 4.90 Å². The van der Waals surface area contributed by atoms with Crippen molar-refractivity contribution >= 4 is 23.1 Å². The van der Waals surface area contributed by atoms with Crippen molar-refractivity contribution in [2.24, 2.45) is 5.18 Å². The summed E-state index contributed by atoms with van der Waals surface area (Å²) < 4.78 is 27.1. The maximum absolute atomic E-state index is 13.8. The fourth-order valence-electron chi connectivity index (χ4n) is 1.71. The number of carbonyl (C=O) groups is 1. The topological polar surface area (TPSA) is 62.6 Å².